The molecule has 4 aromatic carbocycles. The van der Waals surface area contributed by atoms with Crippen LogP contribution in [0.4, 0.5) is 0 Å². The van der Waals surface area contributed by atoms with E-state index in [0.29, 0.717) is 5.46 Å². The zero-order valence-electron chi connectivity index (χ0n) is 12.5. The van der Waals surface area contributed by atoms with Gasteiger partial charge in [-0.3, -0.25) is 0 Å². The molecule has 3 heteroatoms. The van der Waals surface area contributed by atoms with Crippen LogP contribution in [-0.4, -0.2) is 17.2 Å². The van der Waals surface area contributed by atoms with Gasteiger partial charge in [0.2, 0.25) is 0 Å². The van der Waals surface area contributed by atoms with Crippen LogP contribution in [0.5, 0.6) is 0 Å². The maximum absolute atomic E-state index is 9.99. The number of rotatable bonds is 2. The monoisotopic (exact) mass is 298 g/mol. The van der Waals surface area contributed by atoms with E-state index in [-0.39, 0.29) is 0 Å². The quantitative estimate of drug-likeness (QED) is 0.557. The number of benzene rings is 4. The molecule has 0 fully saturated rings. The summed E-state index contributed by atoms with van der Waals surface area (Å²) in [6, 6.07) is 26.0. The van der Waals surface area contributed by atoms with E-state index in [2.05, 4.69) is 18.2 Å². The highest BCUT2D eigenvalue weighted by Gasteiger charge is 2.21. The Kier molecular flexibility index (Phi) is 3.38. The molecule has 0 bridgehead atoms. The highest BCUT2D eigenvalue weighted by Crippen LogP contribution is 2.29. The summed E-state index contributed by atoms with van der Waals surface area (Å²) in [6.07, 6.45) is 0. The molecule has 4 aromatic rings. The van der Waals surface area contributed by atoms with E-state index in [1.165, 1.54) is 0 Å². The fourth-order valence-electron chi connectivity index (χ4n) is 3.27. The van der Waals surface area contributed by atoms with E-state index in [1.54, 1.807) is 0 Å². The molecular weight excluding hydrogens is 283 g/mol. The van der Waals surface area contributed by atoms with Gasteiger partial charge >= 0.3 is 7.12 Å². The Hall–Kier alpha value is -2.62. The lowest BCUT2D eigenvalue weighted by molar-refractivity contribution is 0.426. The van der Waals surface area contributed by atoms with Crippen LogP contribution in [0.2, 0.25) is 0 Å². The normalized spacial score (nSPS) is 11.0. The fraction of sp³-hybridized carbons (Fsp3) is 0. The molecule has 23 heavy (non-hydrogen) atoms. The van der Waals surface area contributed by atoms with Crippen molar-refractivity contribution in [3.63, 3.8) is 0 Å². The lowest BCUT2D eigenvalue weighted by atomic mass is 9.72. The van der Waals surface area contributed by atoms with Gasteiger partial charge in [0.05, 0.1) is 0 Å². The molecule has 0 amide bonds. The van der Waals surface area contributed by atoms with Crippen molar-refractivity contribution in [1.82, 2.24) is 0 Å². The highest BCUT2D eigenvalue weighted by molar-refractivity contribution is 6.64. The lowest BCUT2D eigenvalue weighted by Gasteiger charge is -2.14. The zero-order chi connectivity index (χ0) is 15.8. The van der Waals surface area contributed by atoms with Crippen LogP contribution in [0.15, 0.2) is 78.9 Å². The standard InChI is InChI=1S/C20H15BO2/c22-21(23)20-17-10-4-2-7-15(17)12-13-19(20)18-11-5-8-14-6-1-3-9-16(14)18/h1-13,22-23H. The van der Waals surface area contributed by atoms with Crippen molar-refractivity contribution in [3.05, 3.63) is 78.9 Å². The predicted octanol–water partition coefficient (Wildman–Crippen LogP) is 3.34. The molecule has 0 saturated carbocycles. The summed E-state index contributed by atoms with van der Waals surface area (Å²) in [5, 5.41) is 24.1. The molecule has 0 aliphatic carbocycles. The molecule has 0 atom stereocenters. The molecular formula is C20H15BO2. The van der Waals surface area contributed by atoms with E-state index < -0.39 is 7.12 Å². The summed E-state index contributed by atoms with van der Waals surface area (Å²) in [7, 11) is -1.52. The van der Waals surface area contributed by atoms with Crippen molar-refractivity contribution in [2.24, 2.45) is 0 Å². The van der Waals surface area contributed by atoms with Crippen molar-refractivity contribution < 1.29 is 10.0 Å². The van der Waals surface area contributed by atoms with Crippen molar-refractivity contribution >= 4 is 34.1 Å². The van der Waals surface area contributed by atoms with Crippen molar-refractivity contribution in [3.8, 4) is 11.1 Å². The molecule has 2 N–H and O–H groups in total. The second-order valence-electron chi connectivity index (χ2n) is 5.65. The van der Waals surface area contributed by atoms with E-state index in [1.807, 2.05) is 60.7 Å². The van der Waals surface area contributed by atoms with Gasteiger partial charge in [0, 0.05) is 0 Å². The Labute approximate surface area is 134 Å². The molecule has 0 heterocycles. The van der Waals surface area contributed by atoms with Crippen LogP contribution in [0.1, 0.15) is 0 Å². The van der Waals surface area contributed by atoms with Crippen LogP contribution in [0.3, 0.4) is 0 Å². The van der Waals surface area contributed by atoms with Gasteiger partial charge in [-0.05, 0) is 38.1 Å². The largest absolute Gasteiger partial charge is 0.489 e. The number of fused-ring (bicyclic) bond motifs is 2. The molecule has 0 aliphatic rings. The second kappa shape index (κ2) is 5.54. The molecule has 0 unspecified atom stereocenters. The van der Waals surface area contributed by atoms with Gasteiger partial charge in [-0.25, -0.2) is 0 Å². The fourth-order valence-corrected chi connectivity index (χ4v) is 3.27. The first-order valence-corrected chi connectivity index (χ1v) is 7.61. The van der Waals surface area contributed by atoms with Gasteiger partial charge in [0.25, 0.3) is 0 Å². The summed E-state index contributed by atoms with van der Waals surface area (Å²) >= 11 is 0. The van der Waals surface area contributed by atoms with Gasteiger partial charge in [0.1, 0.15) is 0 Å². The first-order chi connectivity index (χ1) is 11.3. The van der Waals surface area contributed by atoms with Crippen LogP contribution < -0.4 is 5.46 Å². The zero-order valence-corrected chi connectivity index (χ0v) is 12.5. The first kappa shape index (κ1) is 14.0. The molecule has 2 nitrogen and oxygen atoms in total. The molecule has 0 spiro atoms. The van der Waals surface area contributed by atoms with Crippen molar-refractivity contribution in [2.75, 3.05) is 0 Å². The molecule has 0 radical (unpaired) electrons. The minimum Gasteiger partial charge on any atom is -0.423 e. The Morgan fingerprint density at radius 1 is 0.522 bits per heavy atom. The molecule has 4 rings (SSSR count). The SMILES string of the molecule is OB(O)c1c(-c2cccc3ccccc23)ccc2ccccc12. The average Bonchev–Trinajstić information content (AvgIpc) is 2.60. The van der Waals surface area contributed by atoms with E-state index >= 15 is 0 Å². The smallest absolute Gasteiger partial charge is 0.423 e. The lowest BCUT2D eigenvalue weighted by Crippen LogP contribution is -2.32. The third-order valence-corrected chi connectivity index (χ3v) is 4.31. The summed E-state index contributed by atoms with van der Waals surface area (Å²) in [5.41, 5.74) is 2.42. The number of hydrogen-bond acceptors (Lipinski definition) is 2. The van der Waals surface area contributed by atoms with Gasteiger partial charge in [-0.2, -0.15) is 0 Å². The number of hydrogen-bond donors (Lipinski definition) is 2. The van der Waals surface area contributed by atoms with E-state index in [0.717, 1.165) is 32.7 Å². The van der Waals surface area contributed by atoms with E-state index in [9.17, 15) is 10.0 Å². The van der Waals surface area contributed by atoms with Crippen LogP contribution >= 0.6 is 0 Å². The van der Waals surface area contributed by atoms with E-state index in [4.69, 9.17) is 0 Å². The Balaban J connectivity index is 2.11. The van der Waals surface area contributed by atoms with Crippen molar-refractivity contribution in [2.45, 2.75) is 0 Å². The van der Waals surface area contributed by atoms with Crippen LogP contribution in [-0.2, 0) is 0 Å². The van der Waals surface area contributed by atoms with Gasteiger partial charge in [0.15, 0.2) is 0 Å². The average molecular weight is 298 g/mol. The summed E-state index contributed by atoms with van der Waals surface area (Å²) < 4.78 is 0. The maximum Gasteiger partial charge on any atom is 0.489 e. The predicted molar refractivity (Wildman–Crippen MR) is 96.7 cm³/mol. The molecule has 0 aliphatic heterocycles. The van der Waals surface area contributed by atoms with Gasteiger partial charge in [-0.1, -0.05) is 78.9 Å². The Morgan fingerprint density at radius 3 is 1.87 bits per heavy atom. The van der Waals surface area contributed by atoms with Gasteiger partial charge < -0.3 is 10.0 Å². The summed E-state index contributed by atoms with van der Waals surface area (Å²) in [5.74, 6) is 0. The van der Waals surface area contributed by atoms with Crippen molar-refractivity contribution in [1.29, 1.82) is 0 Å². The highest BCUT2D eigenvalue weighted by atomic mass is 16.4. The third-order valence-electron chi connectivity index (χ3n) is 4.31. The molecule has 0 aromatic heterocycles. The van der Waals surface area contributed by atoms with Crippen LogP contribution in [0.25, 0.3) is 32.7 Å². The summed E-state index contributed by atoms with van der Waals surface area (Å²) in [6.45, 7) is 0. The molecule has 0 saturated heterocycles. The Bertz CT molecular complexity index is 1000. The van der Waals surface area contributed by atoms with Gasteiger partial charge in [-0.15, -0.1) is 0 Å². The molecule has 110 valence electrons. The Morgan fingerprint density at radius 2 is 1.13 bits per heavy atom. The summed E-state index contributed by atoms with van der Waals surface area (Å²) in [4.78, 5) is 0. The minimum absolute atomic E-state index is 0.555. The third kappa shape index (κ3) is 2.31. The topological polar surface area (TPSA) is 40.5 Å². The maximum atomic E-state index is 9.99. The van der Waals surface area contributed by atoms with Crippen LogP contribution in [0, 0.1) is 0 Å². The first-order valence-electron chi connectivity index (χ1n) is 7.61. The second-order valence-corrected chi connectivity index (χ2v) is 5.65. The minimum atomic E-state index is -1.52.